The predicted octanol–water partition coefficient (Wildman–Crippen LogP) is 1.76. The Kier molecular flexibility index (Phi) is 3.52. The number of nitrogens with one attached hydrogen (secondary N) is 1. The molecule has 20 heavy (non-hydrogen) atoms. The highest BCUT2D eigenvalue weighted by atomic mass is 32.1. The van der Waals surface area contributed by atoms with E-state index in [-0.39, 0.29) is 13.2 Å². The molecular weight excluding hydrogens is 274 g/mol. The van der Waals surface area contributed by atoms with Gasteiger partial charge in [-0.05, 0) is 17.5 Å². The van der Waals surface area contributed by atoms with E-state index >= 15 is 0 Å². The average Bonchev–Trinajstić information content (AvgIpc) is 3.00. The summed E-state index contributed by atoms with van der Waals surface area (Å²) in [5.41, 5.74) is 6.86. The SMILES string of the molecule is Nc1cc2ccc3cc(N(CCO)CCO)sc3c2[nH]1. The van der Waals surface area contributed by atoms with Gasteiger partial charge in [-0.2, -0.15) is 0 Å². The Morgan fingerprint density at radius 3 is 2.50 bits per heavy atom. The molecule has 3 rings (SSSR count). The zero-order valence-electron chi connectivity index (χ0n) is 11.0. The molecule has 0 saturated carbocycles. The number of nitrogens with zero attached hydrogens (tertiary/aromatic N) is 1. The predicted molar refractivity (Wildman–Crippen MR) is 84.5 cm³/mol. The number of nitrogen functional groups attached to an aromatic ring is 1. The molecule has 0 radical (unpaired) electrons. The molecule has 1 aromatic carbocycles. The van der Waals surface area contributed by atoms with Crippen LogP contribution in [0, 0.1) is 0 Å². The molecule has 0 aliphatic rings. The van der Waals surface area contributed by atoms with E-state index in [0.29, 0.717) is 18.9 Å². The van der Waals surface area contributed by atoms with Crippen LogP contribution < -0.4 is 10.6 Å². The van der Waals surface area contributed by atoms with Crippen LogP contribution in [0.2, 0.25) is 0 Å². The quantitative estimate of drug-likeness (QED) is 0.577. The normalized spacial score (nSPS) is 11.5. The highest BCUT2D eigenvalue weighted by molar-refractivity contribution is 7.23. The van der Waals surface area contributed by atoms with Crippen LogP contribution in [0.5, 0.6) is 0 Å². The van der Waals surface area contributed by atoms with Gasteiger partial charge in [0.05, 0.1) is 28.4 Å². The van der Waals surface area contributed by atoms with Gasteiger partial charge in [-0.1, -0.05) is 12.1 Å². The maximum absolute atomic E-state index is 9.13. The van der Waals surface area contributed by atoms with E-state index in [9.17, 15) is 0 Å². The van der Waals surface area contributed by atoms with Crippen molar-refractivity contribution in [1.82, 2.24) is 4.98 Å². The van der Waals surface area contributed by atoms with Crippen molar-refractivity contribution < 1.29 is 10.2 Å². The Hall–Kier alpha value is -1.76. The number of rotatable bonds is 5. The molecule has 5 N–H and O–H groups in total. The van der Waals surface area contributed by atoms with Gasteiger partial charge in [-0.25, -0.2) is 0 Å². The standard InChI is InChI=1S/C14H17N3O2S/c15-11-7-9-1-2-10-8-12(17(3-5-18)4-6-19)20-14(10)13(9)16-11/h1-2,7-8,16,18-19H,3-6,15H2. The minimum absolute atomic E-state index is 0.0686. The summed E-state index contributed by atoms with van der Waals surface area (Å²) in [7, 11) is 0. The maximum Gasteiger partial charge on any atom is 0.101 e. The molecule has 0 atom stereocenters. The highest BCUT2D eigenvalue weighted by Gasteiger charge is 2.12. The second-order valence-corrected chi connectivity index (χ2v) is 5.72. The van der Waals surface area contributed by atoms with E-state index in [0.717, 1.165) is 26.0 Å². The van der Waals surface area contributed by atoms with Crippen molar-refractivity contribution in [3.8, 4) is 0 Å². The van der Waals surface area contributed by atoms with Gasteiger partial charge in [0, 0.05) is 18.5 Å². The minimum atomic E-state index is 0.0686. The highest BCUT2D eigenvalue weighted by Crippen LogP contribution is 2.37. The van der Waals surface area contributed by atoms with Crippen molar-refractivity contribution in [3.05, 3.63) is 24.3 Å². The van der Waals surface area contributed by atoms with E-state index in [4.69, 9.17) is 15.9 Å². The topological polar surface area (TPSA) is 85.5 Å². The number of hydrogen-bond donors (Lipinski definition) is 4. The first-order chi connectivity index (χ1) is 9.72. The number of aliphatic hydroxyl groups is 2. The van der Waals surface area contributed by atoms with Crippen molar-refractivity contribution in [2.75, 3.05) is 36.9 Å². The Morgan fingerprint density at radius 2 is 1.80 bits per heavy atom. The van der Waals surface area contributed by atoms with E-state index in [1.54, 1.807) is 11.3 Å². The third kappa shape index (κ3) is 2.22. The van der Waals surface area contributed by atoms with Gasteiger partial charge in [-0.3, -0.25) is 0 Å². The molecule has 0 aliphatic carbocycles. The fourth-order valence-electron chi connectivity index (χ4n) is 2.43. The fraction of sp³-hybridized carbons (Fsp3) is 0.286. The number of nitrogens with two attached hydrogens (primary N) is 1. The van der Waals surface area contributed by atoms with Crippen LogP contribution in [0.15, 0.2) is 24.3 Å². The van der Waals surface area contributed by atoms with Gasteiger partial charge in [0.1, 0.15) is 5.82 Å². The summed E-state index contributed by atoms with van der Waals surface area (Å²) in [6, 6.07) is 8.12. The smallest absolute Gasteiger partial charge is 0.101 e. The first kappa shape index (κ1) is 13.2. The van der Waals surface area contributed by atoms with E-state index in [1.807, 2.05) is 17.0 Å². The number of aliphatic hydroxyl groups excluding tert-OH is 2. The molecule has 3 aromatic rings. The first-order valence-electron chi connectivity index (χ1n) is 6.50. The Morgan fingerprint density at radius 1 is 1.10 bits per heavy atom. The van der Waals surface area contributed by atoms with Crippen molar-refractivity contribution in [3.63, 3.8) is 0 Å². The molecule has 2 aromatic heterocycles. The zero-order valence-corrected chi connectivity index (χ0v) is 11.8. The van der Waals surface area contributed by atoms with Gasteiger partial charge in [0.2, 0.25) is 0 Å². The minimum Gasteiger partial charge on any atom is -0.395 e. The summed E-state index contributed by atoms with van der Waals surface area (Å²) in [6.07, 6.45) is 0. The number of thiophene rings is 1. The van der Waals surface area contributed by atoms with Crippen molar-refractivity contribution in [1.29, 1.82) is 0 Å². The molecule has 0 fully saturated rings. The number of aromatic nitrogens is 1. The number of aromatic amines is 1. The van der Waals surface area contributed by atoms with E-state index in [2.05, 4.69) is 17.1 Å². The van der Waals surface area contributed by atoms with Gasteiger partial charge in [-0.15, -0.1) is 11.3 Å². The Balaban J connectivity index is 2.11. The van der Waals surface area contributed by atoms with Crippen LogP contribution >= 0.6 is 11.3 Å². The molecule has 5 nitrogen and oxygen atoms in total. The number of fused-ring (bicyclic) bond motifs is 3. The van der Waals surface area contributed by atoms with Crippen molar-refractivity contribution in [2.24, 2.45) is 0 Å². The zero-order chi connectivity index (χ0) is 14.1. The molecular formula is C14H17N3O2S. The molecule has 0 spiro atoms. The lowest BCUT2D eigenvalue weighted by Gasteiger charge is -2.20. The number of hydrogen-bond acceptors (Lipinski definition) is 5. The Labute approximate surface area is 120 Å². The molecule has 0 amide bonds. The van der Waals surface area contributed by atoms with Crippen molar-refractivity contribution in [2.45, 2.75) is 0 Å². The van der Waals surface area contributed by atoms with Gasteiger partial charge >= 0.3 is 0 Å². The summed E-state index contributed by atoms with van der Waals surface area (Å²) in [4.78, 5) is 5.18. The summed E-state index contributed by atoms with van der Waals surface area (Å²) < 4.78 is 1.15. The Bertz CT molecular complexity index is 729. The molecule has 0 aliphatic heterocycles. The van der Waals surface area contributed by atoms with Gasteiger partial charge in [0.25, 0.3) is 0 Å². The lowest BCUT2D eigenvalue weighted by molar-refractivity contribution is 0.281. The third-order valence-electron chi connectivity index (χ3n) is 3.34. The third-order valence-corrected chi connectivity index (χ3v) is 4.57. The monoisotopic (exact) mass is 291 g/mol. The molecule has 0 unspecified atom stereocenters. The van der Waals surface area contributed by atoms with Crippen LogP contribution in [-0.4, -0.2) is 41.5 Å². The van der Waals surface area contributed by atoms with Gasteiger partial charge < -0.3 is 25.8 Å². The van der Waals surface area contributed by atoms with Crippen LogP contribution in [0.1, 0.15) is 0 Å². The summed E-state index contributed by atoms with van der Waals surface area (Å²) in [5.74, 6) is 0.657. The molecule has 106 valence electrons. The molecule has 6 heteroatoms. The summed E-state index contributed by atoms with van der Waals surface area (Å²) in [5, 5.41) is 21.5. The first-order valence-corrected chi connectivity index (χ1v) is 7.32. The van der Waals surface area contributed by atoms with E-state index in [1.165, 1.54) is 0 Å². The number of anilines is 2. The molecule has 0 bridgehead atoms. The lowest BCUT2D eigenvalue weighted by Crippen LogP contribution is -2.28. The largest absolute Gasteiger partial charge is 0.395 e. The summed E-state index contributed by atoms with van der Waals surface area (Å²) >= 11 is 1.64. The fourth-order valence-corrected chi connectivity index (χ4v) is 3.65. The maximum atomic E-state index is 9.13. The second kappa shape index (κ2) is 5.32. The lowest BCUT2D eigenvalue weighted by atomic mass is 10.2. The molecule has 0 saturated heterocycles. The van der Waals surface area contributed by atoms with E-state index < -0.39 is 0 Å². The van der Waals surface area contributed by atoms with Crippen LogP contribution in [0.3, 0.4) is 0 Å². The van der Waals surface area contributed by atoms with Crippen LogP contribution in [0.4, 0.5) is 10.8 Å². The van der Waals surface area contributed by atoms with Crippen LogP contribution in [-0.2, 0) is 0 Å². The van der Waals surface area contributed by atoms with Crippen LogP contribution in [0.25, 0.3) is 21.0 Å². The van der Waals surface area contributed by atoms with Crippen molar-refractivity contribution >= 4 is 43.1 Å². The average molecular weight is 291 g/mol. The molecule has 2 heterocycles. The number of benzene rings is 1. The summed E-state index contributed by atoms with van der Waals surface area (Å²) in [6.45, 7) is 1.17. The van der Waals surface area contributed by atoms with Gasteiger partial charge in [0.15, 0.2) is 0 Å². The number of H-pyrrole nitrogens is 1. The second-order valence-electron chi connectivity index (χ2n) is 4.69.